The first-order valence-corrected chi connectivity index (χ1v) is 10.2. The summed E-state index contributed by atoms with van der Waals surface area (Å²) in [4.78, 5) is 17.3. The van der Waals surface area contributed by atoms with Crippen LogP contribution >= 0.6 is 0 Å². The first kappa shape index (κ1) is 17.0. The Morgan fingerprint density at radius 2 is 1.65 bits per heavy atom. The fourth-order valence-electron chi connectivity index (χ4n) is 3.50. The largest absolute Gasteiger partial charge is 0.336 e. The van der Waals surface area contributed by atoms with Gasteiger partial charge in [-0.05, 0) is 23.8 Å². The van der Waals surface area contributed by atoms with Crippen LogP contribution in [0.25, 0.3) is 6.08 Å². The van der Waals surface area contributed by atoms with Crippen molar-refractivity contribution in [3.63, 3.8) is 0 Å². The van der Waals surface area contributed by atoms with Gasteiger partial charge in [-0.1, -0.05) is 36.4 Å². The highest BCUT2D eigenvalue weighted by molar-refractivity contribution is 7.94. The Labute approximate surface area is 153 Å². The third kappa shape index (κ3) is 3.18. The molecular formula is C20H20N2O3S. The number of sulfone groups is 1. The van der Waals surface area contributed by atoms with E-state index >= 15 is 0 Å². The summed E-state index contributed by atoms with van der Waals surface area (Å²) in [7, 11) is -3.40. The number of hydrogen-bond acceptors (Lipinski definition) is 4. The van der Waals surface area contributed by atoms with Crippen molar-refractivity contribution >= 4 is 21.8 Å². The summed E-state index contributed by atoms with van der Waals surface area (Å²) in [5.74, 6) is -0.0945. The zero-order valence-electron chi connectivity index (χ0n) is 14.3. The molecule has 2 aliphatic heterocycles. The predicted octanol–water partition coefficient (Wildman–Crippen LogP) is 2.40. The van der Waals surface area contributed by atoms with Gasteiger partial charge in [0.2, 0.25) is 0 Å². The van der Waals surface area contributed by atoms with Crippen molar-refractivity contribution in [3.8, 4) is 0 Å². The van der Waals surface area contributed by atoms with Gasteiger partial charge >= 0.3 is 0 Å². The molecule has 1 amide bonds. The summed E-state index contributed by atoms with van der Waals surface area (Å²) in [5, 5.41) is 1.17. The van der Waals surface area contributed by atoms with Crippen LogP contribution in [0.1, 0.15) is 21.5 Å². The molecule has 26 heavy (non-hydrogen) atoms. The minimum absolute atomic E-state index is 0.0945. The Balaban J connectivity index is 1.45. The predicted molar refractivity (Wildman–Crippen MR) is 100 cm³/mol. The van der Waals surface area contributed by atoms with Crippen LogP contribution in [0, 0.1) is 0 Å². The van der Waals surface area contributed by atoms with Crippen LogP contribution in [0.5, 0.6) is 0 Å². The summed E-state index contributed by atoms with van der Waals surface area (Å²) in [6.07, 6.45) is 1.53. The molecule has 2 aromatic rings. The van der Waals surface area contributed by atoms with Crippen LogP contribution in [0.3, 0.4) is 0 Å². The number of benzene rings is 2. The average Bonchev–Trinajstić information content (AvgIpc) is 2.98. The van der Waals surface area contributed by atoms with Gasteiger partial charge in [-0.2, -0.15) is 0 Å². The van der Waals surface area contributed by atoms with E-state index in [1.165, 1.54) is 17.0 Å². The Morgan fingerprint density at radius 1 is 0.923 bits per heavy atom. The molecule has 0 aliphatic carbocycles. The Morgan fingerprint density at radius 3 is 2.38 bits per heavy atom. The highest BCUT2D eigenvalue weighted by Gasteiger charge is 2.28. The molecule has 0 unspecified atom stereocenters. The molecule has 2 aromatic carbocycles. The van der Waals surface area contributed by atoms with E-state index in [9.17, 15) is 13.2 Å². The van der Waals surface area contributed by atoms with Crippen LogP contribution in [0.2, 0.25) is 0 Å². The van der Waals surface area contributed by atoms with Gasteiger partial charge in [-0.25, -0.2) is 8.42 Å². The lowest BCUT2D eigenvalue weighted by atomic mass is 10.1. The molecule has 2 aliphatic rings. The summed E-state index contributed by atoms with van der Waals surface area (Å²) >= 11 is 0. The highest BCUT2D eigenvalue weighted by Crippen LogP contribution is 2.30. The first-order valence-electron chi connectivity index (χ1n) is 8.66. The molecule has 6 heteroatoms. The van der Waals surface area contributed by atoms with Crippen molar-refractivity contribution in [3.05, 3.63) is 70.6 Å². The lowest BCUT2D eigenvalue weighted by Crippen LogP contribution is -2.48. The van der Waals surface area contributed by atoms with E-state index in [0.29, 0.717) is 24.2 Å². The van der Waals surface area contributed by atoms with Crippen molar-refractivity contribution in [2.75, 3.05) is 26.2 Å². The van der Waals surface area contributed by atoms with Gasteiger partial charge in [0.25, 0.3) is 5.91 Å². The third-order valence-corrected chi connectivity index (χ3v) is 6.39. The fourth-order valence-corrected chi connectivity index (χ4v) is 4.72. The van der Waals surface area contributed by atoms with Crippen molar-refractivity contribution in [2.45, 2.75) is 11.4 Å². The Kier molecular flexibility index (Phi) is 4.38. The summed E-state index contributed by atoms with van der Waals surface area (Å²) in [6, 6.07) is 15.2. The number of amides is 1. The second-order valence-corrected chi connectivity index (χ2v) is 8.42. The Bertz CT molecular complexity index is 960. The van der Waals surface area contributed by atoms with E-state index in [1.807, 2.05) is 23.1 Å². The van der Waals surface area contributed by atoms with Crippen LogP contribution in [-0.4, -0.2) is 50.3 Å². The topological polar surface area (TPSA) is 57.7 Å². The van der Waals surface area contributed by atoms with Crippen LogP contribution in [0.15, 0.2) is 58.8 Å². The van der Waals surface area contributed by atoms with Crippen molar-refractivity contribution in [2.24, 2.45) is 0 Å². The minimum atomic E-state index is -3.40. The van der Waals surface area contributed by atoms with E-state index < -0.39 is 9.84 Å². The maximum Gasteiger partial charge on any atom is 0.254 e. The number of carbonyl (C=O) groups is 1. The van der Waals surface area contributed by atoms with Gasteiger partial charge in [0.1, 0.15) is 0 Å². The summed E-state index contributed by atoms with van der Waals surface area (Å²) in [6.45, 7) is 3.79. The number of nitrogens with zero attached hydrogens (tertiary/aromatic N) is 2. The van der Waals surface area contributed by atoms with E-state index in [2.05, 4.69) is 17.0 Å². The molecule has 0 radical (unpaired) electrons. The van der Waals surface area contributed by atoms with Gasteiger partial charge in [-0.3, -0.25) is 9.69 Å². The maximum absolute atomic E-state index is 12.9. The van der Waals surface area contributed by atoms with Crippen molar-refractivity contribution < 1.29 is 13.2 Å². The second kappa shape index (κ2) is 6.70. The van der Waals surface area contributed by atoms with Gasteiger partial charge < -0.3 is 4.90 Å². The molecular weight excluding hydrogens is 348 g/mol. The van der Waals surface area contributed by atoms with Crippen LogP contribution in [0.4, 0.5) is 0 Å². The molecule has 0 bridgehead atoms. The number of hydrogen-bond donors (Lipinski definition) is 0. The molecule has 2 heterocycles. The third-order valence-electron chi connectivity index (χ3n) is 4.93. The van der Waals surface area contributed by atoms with Gasteiger partial charge in [0.05, 0.1) is 4.90 Å². The Hall–Kier alpha value is -2.44. The van der Waals surface area contributed by atoms with Crippen LogP contribution < -0.4 is 0 Å². The van der Waals surface area contributed by atoms with Crippen LogP contribution in [-0.2, 0) is 16.4 Å². The quantitative estimate of drug-likeness (QED) is 0.835. The maximum atomic E-state index is 12.9. The average molecular weight is 368 g/mol. The number of fused-ring (bicyclic) bond motifs is 1. The normalized spacial score (nSPS) is 18.7. The summed E-state index contributed by atoms with van der Waals surface area (Å²) in [5.41, 5.74) is 2.25. The van der Waals surface area contributed by atoms with Gasteiger partial charge in [-0.15, -0.1) is 0 Å². The molecule has 0 atom stereocenters. The molecule has 1 fully saturated rings. The van der Waals surface area contributed by atoms with Crippen molar-refractivity contribution in [1.82, 2.24) is 9.80 Å². The molecule has 0 spiro atoms. The number of piperazine rings is 1. The van der Waals surface area contributed by atoms with Gasteiger partial charge in [0.15, 0.2) is 9.84 Å². The fraction of sp³-hybridized carbons (Fsp3) is 0.250. The van der Waals surface area contributed by atoms with Crippen molar-refractivity contribution in [1.29, 1.82) is 0 Å². The lowest BCUT2D eigenvalue weighted by Gasteiger charge is -2.35. The standard InChI is InChI=1S/C20H20N2O3S/c23-20(18-7-4-8-19-17(18)9-14-26(19,24)25)22-12-10-21(11-13-22)15-16-5-2-1-3-6-16/h1-9,14H,10-13,15H2. The van der Waals surface area contributed by atoms with E-state index in [4.69, 9.17) is 0 Å². The molecule has 0 aromatic heterocycles. The summed E-state index contributed by atoms with van der Waals surface area (Å²) < 4.78 is 24.0. The monoisotopic (exact) mass is 368 g/mol. The van der Waals surface area contributed by atoms with Gasteiger partial charge in [0, 0.05) is 49.3 Å². The van der Waals surface area contributed by atoms with E-state index in [-0.39, 0.29) is 10.8 Å². The smallest absolute Gasteiger partial charge is 0.254 e. The second-order valence-electron chi connectivity index (χ2n) is 6.62. The molecule has 0 N–H and O–H groups in total. The molecule has 134 valence electrons. The molecule has 5 nitrogen and oxygen atoms in total. The molecule has 1 saturated heterocycles. The highest BCUT2D eigenvalue weighted by atomic mass is 32.2. The zero-order chi connectivity index (χ0) is 18.1. The lowest BCUT2D eigenvalue weighted by molar-refractivity contribution is 0.0628. The molecule has 0 saturated carbocycles. The van der Waals surface area contributed by atoms with E-state index in [1.54, 1.807) is 18.2 Å². The SMILES string of the molecule is O=C(c1cccc2c1C=CS2(=O)=O)N1CCN(Cc2ccccc2)CC1. The molecule has 4 rings (SSSR count). The van der Waals surface area contributed by atoms with E-state index in [0.717, 1.165) is 19.6 Å². The zero-order valence-corrected chi connectivity index (χ0v) is 15.2. The number of rotatable bonds is 3. The first-order chi connectivity index (χ1) is 12.5. The minimum Gasteiger partial charge on any atom is -0.336 e. The number of carbonyl (C=O) groups excluding carboxylic acids is 1.